The molecule has 9 nitrogen and oxygen atoms in total. The van der Waals surface area contributed by atoms with Crippen molar-refractivity contribution in [3.63, 3.8) is 0 Å². The van der Waals surface area contributed by atoms with Crippen LogP contribution in [0.3, 0.4) is 0 Å². The number of nitrogens with zero attached hydrogens (tertiary/aromatic N) is 4. The lowest BCUT2D eigenvalue weighted by Gasteiger charge is -2.46. The second kappa shape index (κ2) is 7.30. The number of aromatic nitrogens is 3. The Bertz CT molecular complexity index is 1120. The van der Waals surface area contributed by atoms with E-state index < -0.39 is 18.1 Å². The summed E-state index contributed by atoms with van der Waals surface area (Å²) in [6.07, 6.45) is -4.48. The fraction of sp³-hybridized carbons (Fsp3) is 0.316. The molecular formula is C19H18F3N5O4. The molecule has 1 aromatic carbocycles. The predicted molar refractivity (Wildman–Crippen MR) is 103 cm³/mol. The number of fused-ring (bicyclic) bond motifs is 1. The van der Waals surface area contributed by atoms with Crippen molar-refractivity contribution in [3.05, 3.63) is 42.2 Å². The summed E-state index contributed by atoms with van der Waals surface area (Å²) in [6.45, 7) is 2.37. The molecule has 1 aliphatic heterocycles. The zero-order chi connectivity index (χ0) is 22.4. The lowest BCUT2D eigenvalue weighted by Crippen LogP contribution is -2.60. The van der Waals surface area contributed by atoms with Crippen molar-refractivity contribution in [1.29, 1.82) is 0 Å². The van der Waals surface area contributed by atoms with Crippen molar-refractivity contribution in [2.45, 2.75) is 25.4 Å². The van der Waals surface area contributed by atoms with Gasteiger partial charge in [-0.15, -0.1) is 13.2 Å². The number of halogens is 3. The van der Waals surface area contributed by atoms with Gasteiger partial charge in [0.2, 0.25) is 0 Å². The average molecular weight is 437 g/mol. The van der Waals surface area contributed by atoms with Crippen LogP contribution in [0.4, 0.5) is 23.7 Å². The van der Waals surface area contributed by atoms with Gasteiger partial charge >= 0.3 is 12.5 Å². The number of pyridine rings is 1. The monoisotopic (exact) mass is 437 g/mol. The third kappa shape index (κ3) is 4.33. The molecule has 0 radical (unpaired) electrons. The van der Waals surface area contributed by atoms with Gasteiger partial charge in [0.05, 0.1) is 34.6 Å². The average Bonchev–Trinajstić information content (AvgIpc) is 3.03. The van der Waals surface area contributed by atoms with E-state index in [9.17, 15) is 23.1 Å². The van der Waals surface area contributed by atoms with Crippen LogP contribution in [0.1, 0.15) is 12.6 Å². The summed E-state index contributed by atoms with van der Waals surface area (Å²) in [6, 6.07) is 6.84. The molecule has 3 aromatic rings. The molecule has 1 amide bonds. The second-order valence-corrected chi connectivity index (χ2v) is 7.44. The SMILES string of the molecule is CC1(O)CN(c2ccnc3c2c(CNC(=O)O)nn3-c2ccc(OC(F)(F)F)cc2)C1. The zero-order valence-electron chi connectivity index (χ0n) is 16.2. The first kappa shape index (κ1) is 20.7. The first-order valence-electron chi connectivity index (χ1n) is 9.19. The summed E-state index contributed by atoms with van der Waals surface area (Å²) in [5.41, 5.74) is 1.10. The van der Waals surface area contributed by atoms with Crippen LogP contribution in [0.2, 0.25) is 0 Å². The Morgan fingerprint density at radius 2 is 1.94 bits per heavy atom. The van der Waals surface area contributed by atoms with Gasteiger partial charge in [-0.05, 0) is 37.3 Å². The van der Waals surface area contributed by atoms with Gasteiger partial charge < -0.3 is 25.2 Å². The van der Waals surface area contributed by atoms with Crippen molar-refractivity contribution < 1.29 is 32.9 Å². The molecule has 3 N–H and O–H groups in total. The molecule has 0 saturated carbocycles. The van der Waals surface area contributed by atoms with Crippen molar-refractivity contribution >= 4 is 22.8 Å². The summed E-state index contributed by atoms with van der Waals surface area (Å²) in [5, 5.41) is 26.4. The second-order valence-electron chi connectivity index (χ2n) is 7.44. The lowest BCUT2D eigenvalue weighted by atomic mass is 9.95. The van der Waals surface area contributed by atoms with Crippen LogP contribution in [-0.2, 0) is 6.54 Å². The summed E-state index contributed by atoms with van der Waals surface area (Å²) in [5.74, 6) is -0.378. The molecule has 1 aliphatic rings. The summed E-state index contributed by atoms with van der Waals surface area (Å²) in [7, 11) is 0. The van der Waals surface area contributed by atoms with E-state index in [0.717, 1.165) is 17.8 Å². The molecule has 2 aromatic heterocycles. The number of amides is 1. The number of carboxylic acid groups (broad SMARTS) is 1. The number of β-amino-alcohol motifs (C(OH)–C–C–N with tert-alkyl or cyclic N) is 1. The molecule has 12 heteroatoms. The number of anilines is 1. The minimum absolute atomic E-state index is 0.100. The van der Waals surface area contributed by atoms with E-state index in [1.165, 1.54) is 16.8 Å². The van der Waals surface area contributed by atoms with Gasteiger partial charge in [0.25, 0.3) is 0 Å². The van der Waals surface area contributed by atoms with E-state index in [4.69, 9.17) is 5.11 Å². The highest BCUT2D eigenvalue weighted by atomic mass is 19.4. The first-order valence-corrected chi connectivity index (χ1v) is 9.19. The van der Waals surface area contributed by atoms with E-state index in [-0.39, 0.29) is 12.3 Å². The van der Waals surface area contributed by atoms with Crippen LogP contribution in [0, 0.1) is 0 Å². The predicted octanol–water partition coefficient (Wildman–Crippen LogP) is 2.66. The molecule has 1 fully saturated rings. The number of nitrogens with one attached hydrogen (secondary N) is 1. The van der Waals surface area contributed by atoms with E-state index in [1.807, 2.05) is 4.90 Å². The lowest BCUT2D eigenvalue weighted by molar-refractivity contribution is -0.274. The van der Waals surface area contributed by atoms with E-state index >= 15 is 0 Å². The van der Waals surface area contributed by atoms with E-state index in [1.54, 1.807) is 19.2 Å². The van der Waals surface area contributed by atoms with Gasteiger partial charge in [0, 0.05) is 19.3 Å². The van der Waals surface area contributed by atoms with Gasteiger partial charge in [0.1, 0.15) is 5.75 Å². The summed E-state index contributed by atoms with van der Waals surface area (Å²) < 4.78 is 42.6. The topological polar surface area (TPSA) is 113 Å². The Labute approximate surface area is 173 Å². The standard InChI is InChI=1S/C19H18F3N5O4/c1-18(30)9-26(10-18)14-6-7-23-16-15(14)13(8-24-17(28)29)25-27(16)11-2-4-12(5-3-11)31-19(20,21)22/h2-7,24,30H,8-10H2,1H3,(H,28,29). The van der Waals surface area contributed by atoms with Gasteiger partial charge in [0.15, 0.2) is 5.65 Å². The number of ether oxygens (including phenoxy) is 1. The van der Waals surface area contributed by atoms with Crippen molar-refractivity contribution in [2.24, 2.45) is 0 Å². The van der Waals surface area contributed by atoms with Crippen LogP contribution in [0.15, 0.2) is 36.5 Å². The van der Waals surface area contributed by atoms with Crippen molar-refractivity contribution in [1.82, 2.24) is 20.1 Å². The summed E-state index contributed by atoms with van der Waals surface area (Å²) in [4.78, 5) is 17.3. The molecule has 1 saturated heterocycles. The number of rotatable bonds is 5. The maximum atomic E-state index is 12.4. The fourth-order valence-corrected chi connectivity index (χ4v) is 3.56. The number of aliphatic hydroxyl groups is 1. The zero-order valence-corrected chi connectivity index (χ0v) is 16.2. The molecule has 3 heterocycles. The van der Waals surface area contributed by atoms with E-state index in [0.29, 0.717) is 35.5 Å². The van der Waals surface area contributed by atoms with Gasteiger partial charge in [-0.3, -0.25) is 0 Å². The third-order valence-electron chi connectivity index (χ3n) is 4.74. The Morgan fingerprint density at radius 3 is 2.52 bits per heavy atom. The Morgan fingerprint density at radius 1 is 1.26 bits per heavy atom. The molecule has 0 aliphatic carbocycles. The molecule has 0 atom stereocenters. The molecule has 4 rings (SSSR count). The molecular weight excluding hydrogens is 419 g/mol. The molecule has 0 spiro atoms. The highest BCUT2D eigenvalue weighted by Crippen LogP contribution is 2.35. The van der Waals surface area contributed by atoms with Crippen LogP contribution < -0.4 is 15.0 Å². The van der Waals surface area contributed by atoms with Gasteiger partial charge in [-0.1, -0.05) is 0 Å². The fourth-order valence-electron chi connectivity index (χ4n) is 3.56. The highest BCUT2D eigenvalue weighted by Gasteiger charge is 2.38. The number of carbonyl (C=O) groups is 1. The van der Waals surface area contributed by atoms with Gasteiger partial charge in [-0.2, -0.15) is 5.10 Å². The van der Waals surface area contributed by atoms with E-state index in [2.05, 4.69) is 20.1 Å². The number of alkyl halides is 3. The molecule has 0 unspecified atom stereocenters. The van der Waals surface area contributed by atoms with Crippen molar-refractivity contribution in [3.8, 4) is 11.4 Å². The largest absolute Gasteiger partial charge is 0.573 e. The van der Waals surface area contributed by atoms with Crippen LogP contribution >= 0.6 is 0 Å². The van der Waals surface area contributed by atoms with Crippen molar-refractivity contribution in [2.75, 3.05) is 18.0 Å². The molecule has 0 bridgehead atoms. The molecule has 31 heavy (non-hydrogen) atoms. The number of benzene rings is 1. The minimum Gasteiger partial charge on any atom is -0.465 e. The Hall–Kier alpha value is -3.54. The van der Waals surface area contributed by atoms with Crippen LogP contribution in [0.5, 0.6) is 5.75 Å². The van der Waals surface area contributed by atoms with Gasteiger partial charge in [-0.25, -0.2) is 14.5 Å². The first-order chi connectivity index (χ1) is 14.5. The smallest absolute Gasteiger partial charge is 0.465 e. The normalized spacial score (nSPS) is 15.6. The minimum atomic E-state index is -4.80. The number of hydrogen-bond donors (Lipinski definition) is 3. The maximum absolute atomic E-state index is 12.4. The number of hydrogen-bond acceptors (Lipinski definition) is 6. The quantitative estimate of drug-likeness (QED) is 0.563. The van der Waals surface area contributed by atoms with Crippen LogP contribution in [0.25, 0.3) is 16.7 Å². The van der Waals surface area contributed by atoms with Crippen LogP contribution in [-0.4, -0.2) is 56.1 Å². The Kier molecular flexibility index (Phi) is 4.88. The maximum Gasteiger partial charge on any atom is 0.573 e. The highest BCUT2D eigenvalue weighted by molar-refractivity contribution is 5.93. The third-order valence-corrected chi connectivity index (χ3v) is 4.74. The Balaban J connectivity index is 1.76. The molecule has 164 valence electrons. The summed E-state index contributed by atoms with van der Waals surface area (Å²) >= 11 is 0.